The second kappa shape index (κ2) is 7.24. The van der Waals surface area contributed by atoms with Crippen LogP contribution in [0.3, 0.4) is 0 Å². The first-order valence-electron chi connectivity index (χ1n) is 5.68. The molecule has 0 spiro atoms. The molecule has 0 aliphatic heterocycles. The molecule has 16 heavy (non-hydrogen) atoms. The standard InChI is InChI=1S/C11H21N3O2/c1-4-12-6-11(9-15-3)16-10-7-13-14(5-2)8-10/h7-8,11-12H,4-6,9H2,1-3H3. The van der Waals surface area contributed by atoms with E-state index >= 15 is 0 Å². The Morgan fingerprint density at radius 3 is 2.88 bits per heavy atom. The maximum atomic E-state index is 5.77. The van der Waals surface area contributed by atoms with Gasteiger partial charge < -0.3 is 14.8 Å². The van der Waals surface area contributed by atoms with Crippen LogP contribution in [-0.2, 0) is 11.3 Å². The van der Waals surface area contributed by atoms with Crippen LogP contribution in [-0.4, -0.2) is 42.7 Å². The van der Waals surface area contributed by atoms with Gasteiger partial charge in [-0.3, -0.25) is 4.68 Å². The average Bonchev–Trinajstić information content (AvgIpc) is 2.74. The predicted molar refractivity (Wildman–Crippen MR) is 62.7 cm³/mol. The van der Waals surface area contributed by atoms with Crippen molar-refractivity contribution in [2.75, 3.05) is 26.8 Å². The third kappa shape index (κ3) is 4.20. The molecule has 1 rings (SSSR count). The number of hydrogen-bond acceptors (Lipinski definition) is 4. The van der Waals surface area contributed by atoms with Crippen molar-refractivity contribution in [3.63, 3.8) is 0 Å². The topological polar surface area (TPSA) is 48.3 Å². The SMILES string of the molecule is CCNCC(COC)Oc1cnn(CC)c1. The monoisotopic (exact) mass is 227 g/mol. The van der Waals surface area contributed by atoms with Crippen LogP contribution in [0.2, 0.25) is 0 Å². The second-order valence-electron chi connectivity index (χ2n) is 3.53. The lowest BCUT2D eigenvalue weighted by Crippen LogP contribution is -2.34. The molecule has 0 aliphatic rings. The van der Waals surface area contributed by atoms with Crippen LogP contribution in [0, 0.1) is 0 Å². The first kappa shape index (κ1) is 13.0. The number of aryl methyl sites for hydroxylation is 1. The molecule has 1 atom stereocenters. The summed E-state index contributed by atoms with van der Waals surface area (Å²) in [6.07, 6.45) is 3.66. The highest BCUT2D eigenvalue weighted by atomic mass is 16.5. The first-order chi connectivity index (χ1) is 7.80. The molecule has 92 valence electrons. The van der Waals surface area contributed by atoms with Gasteiger partial charge in [-0.25, -0.2) is 0 Å². The van der Waals surface area contributed by atoms with Gasteiger partial charge in [-0.15, -0.1) is 0 Å². The molecule has 5 heteroatoms. The minimum absolute atomic E-state index is 0.0273. The van der Waals surface area contributed by atoms with Crippen LogP contribution in [0.1, 0.15) is 13.8 Å². The third-order valence-corrected chi connectivity index (χ3v) is 2.21. The fourth-order valence-electron chi connectivity index (χ4n) is 1.40. The molecule has 1 aromatic heterocycles. The molecule has 0 bridgehead atoms. The van der Waals surface area contributed by atoms with Gasteiger partial charge in [0, 0.05) is 20.2 Å². The lowest BCUT2D eigenvalue weighted by Gasteiger charge is -2.17. The van der Waals surface area contributed by atoms with Crippen LogP contribution in [0.25, 0.3) is 0 Å². The molecule has 0 aromatic carbocycles. The van der Waals surface area contributed by atoms with Crippen molar-refractivity contribution in [1.29, 1.82) is 0 Å². The number of likely N-dealkylation sites (N-methyl/N-ethyl adjacent to an activating group) is 1. The van der Waals surface area contributed by atoms with E-state index in [9.17, 15) is 0 Å². The molecule has 1 N–H and O–H groups in total. The largest absolute Gasteiger partial charge is 0.483 e. The number of nitrogens with one attached hydrogen (secondary N) is 1. The van der Waals surface area contributed by atoms with E-state index in [1.54, 1.807) is 13.3 Å². The molecule has 0 aliphatic carbocycles. The molecule has 1 aromatic rings. The maximum Gasteiger partial charge on any atom is 0.157 e. The normalized spacial score (nSPS) is 12.7. The number of hydrogen-bond donors (Lipinski definition) is 1. The van der Waals surface area contributed by atoms with Crippen molar-refractivity contribution in [2.24, 2.45) is 0 Å². The molecule has 0 saturated heterocycles. The summed E-state index contributed by atoms with van der Waals surface area (Å²) in [6, 6.07) is 0. The summed E-state index contributed by atoms with van der Waals surface area (Å²) in [5, 5.41) is 7.40. The van der Waals surface area contributed by atoms with Crippen LogP contribution in [0.4, 0.5) is 0 Å². The number of nitrogens with zero attached hydrogens (tertiary/aromatic N) is 2. The molecular formula is C11H21N3O2. The quantitative estimate of drug-likeness (QED) is 0.717. The van der Waals surface area contributed by atoms with Crippen LogP contribution in [0.15, 0.2) is 12.4 Å². The van der Waals surface area contributed by atoms with Crippen molar-refractivity contribution < 1.29 is 9.47 Å². The number of ether oxygens (including phenoxy) is 2. The Hall–Kier alpha value is -1.07. The Kier molecular flexibility index (Phi) is 5.88. The summed E-state index contributed by atoms with van der Waals surface area (Å²) in [5.41, 5.74) is 0. The molecule has 1 unspecified atom stereocenters. The lowest BCUT2D eigenvalue weighted by molar-refractivity contribution is 0.0809. The highest BCUT2D eigenvalue weighted by Crippen LogP contribution is 2.10. The van der Waals surface area contributed by atoms with E-state index < -0.39 is 0 Å². The van der Waals surface area contributed by atoms with Crippen molar-refractivity contribution in [1.82, 2.24) is 15.1 Å². The molecular weight excluding hydrogens is 206 g/mol. The van der Waals surface area contributed by atoms with E-state index in [1.165, 1.54) is 0 Å². The minimum Gasteiger partial charge on any atom is -0.483 e. The molecule has 0 radical (unpaired) electrons. The van der Waals surface area contributed by atoms with Gasteiger partial charge in [-0.2, -0.15) is 5.10 Å². The van der Waals surface area contributed by atoms with Crippen LogP contribution in [0.5, 0.6) is 5.75 Å². The highest BCUT2D eigenvalue weighted by Gasteiger charge is 2.10. The summed E-state index contributed by atoms with van der Waals surface area (Å²) < 4.78 is 12.7. The van der Waals surface area contributed by atoms with E-state index in [0.29, 0.717) is 6.61 Å². The summed E-state index contributed by atoms with van der Waals surface area (Å²) in [5.74, 6) is 0.793. The molecule has 0 fully saturated rings. The number of aromatic nitrogens is 2. The Morgan fingerprint density at radius 2 is 2.31 bits per heavy atom. The lowest BCUT2D eigenvalue weighted by atomic mass is 10.3. The van der Waals surface area contributed by atoms with Gasteiger partial charge in [0.05, 0.1) is 19.0 Å². The van der Waals surface area contributed by atoms with Gasteiger partial charge in [0.2, 0.25) is 0 Å². The minimum atomic E-state index is 0.0273. The van der Waals surface area contributed by atoms with Crippen molar-refractivity contribution in [2.45, 2.75) is 26.5 Å². The Balaban J connectivity index is 2.46. The number of rotatable bonds is 8. The number of methoxy groups -OCH3 is 1. The molecule has 0 saturated carbocycles. The van der Waals surface area contributed by atoms with E-state index in [-0.39, 0.29) is 6.10 Å². The Morgan fingerprint density at radius 1 is 1.50 bits per heavy atom. The van der Waals surface area contributed by atoms with Gasteiger partial charge in [0.15, 0.2) is 5.75 Å². The van der Waals surface area contributed by atoms with Crippen LogP contribution < -0.4 is 10.1 Å². The summed E-state index contributed by atoms with van der Waals surface area (Å²) in [7, 11) is 1.68. The van der Waals surface area contributed by atoms with Gasteiger partial charge >= 0.3 is 0 Å². The molecule has 1 heterocycles. The highest BCUT2D eigenvalue weighted by molar-refractivity contribution is 5.12. The van der Waals surface area contributed by atoms with Crippen molar-refractivity contribution in [3.05, 3.63) is 12.4 Å². The van der Waals surface area contributed by atoms with Gasteiger partial charge in [-0.05, 0) is 13.5 Å². The van der Waals surface area contributed by atoms with Crippen LogP contribution >= 0.6 is 0 Å². The molecule has 5 nitrogen and oxygen atoms in total. The zero-order chi connectivity index (χ0) is 11.8. The second-order valence-corrected chi connectivity index (χ2v) is 3.53. The predicted octanol–water partition coefficient (Wildman–Crippen LogP) is 0.906. The van der Waals surface area contributed by atoms with Gasteiger partial charge in [0.25, 0.3) is 0 Å². The maximum absolute atomic E-state index is 5.77. The van der Waals surface area contributed by atoms with Crippen molar-refractivity contribution in [3.8, 4) is 5.75 Å². The van der Waals surface area contributed by atoms with Gasteiger partial charge in [-0.1, -0.05) is 6.92 Å². The average molecular weight is 227 g/mol. The summed E-state index contributed by atoms with van der Waals surface area (Å²) >= 11 is 0. The van der Waals surface area contributed by atoms with E-state index in [4.69, 9.17) is 9.47 Å². The fraction of sp³-hybridized carbons (Fsp3) is 0.727. The zero-order valence-electron chi connectivity index (χ0n) is 10.3. The van der Waals surface area contributed by atoms with E-state index in [0.717, 1.165) is 25.4 Å². The Labute approximate surface area is 96.7 Å². The van der Waals surface area contributed by atoms with Gasteiger partial charge in [0.1, 0.15) is 6.10 Å². The molecule has 0 amide bonds. The first-order valence-corrected chi connectivity index (χ1v) is 5.68. The smallest absolute Gasteiger partial charge is 0.157 e. The van der Waals surface area contributed by atoms with Crippen molar-refractivity contribution >= 4 is 0 Å². The summed E-state index contributed by atoms with van der Waals surface area (Å²) in [6.45, 7) is 7.25. The summed E-state index contributed by atoms with van der Waals surface area (Å²) in [4.78, 5) is 0. The van der Waals surface area contributed by atoms with E-state index in [2.05, 4.69) is 17.3 Å². The third-order valence-electron chi connectivity index (χ3n) is 2.21. The zero-order valence-corrected chi connectivity index (χ0v) is 10.3. The Bertz CT molecular complexity index is 289. The fourth-order valence-corrected chi connectivity index (χ4v) is 1.40. The van der Waals surface area contributed by atoms with E-state index in [1.807, 2.05) is 17.8 Å².